The van der Waals surface area contributed by atoms with Crippen molar-refractivity contribution in [2.45, 2.75) is 26.2 Å². The second-order valence-corrected chi connectivity index (χ2v) is 8.21. The molecular formula is C24H23BrN4O3. The van der Waals surface area contributed by atoms with E-state index in [0.29, 0.717) is 40.2 Å². The Morgan fingerprint density at radius 2 is 2.12 bits per heavy atom. The largest absolute Gasteiger partial charge is 0.493 e. The van der Waals surface area contributed by atoms with Crippen LogP contribution < -0.4 is 15.0 Å². The third-order valence-electron chi connectivity index (χ3n) is 4.69. The first-order chi connectivity index (χ1) is 15.4. The zero-order valence-corrected chi connectivity index (χ0v) is 19.7. The number of hydrogen-bond donors (Lipinski definition) is 0. The second-order valence-electron chi connectivity index (χ2n) is 7.30. The van der Waals surface area contributed by atoms with Gasteiger partial charge in [0.25, 0.3) is 5.56 Å². The molecule has 3 aromatic rings. The quantitative estimate of drug-likeness (QED) is 0.331. The fraction of sp³-hybridized carbons (Fsp3) is 0.250. The fourth-order valence-electron chi connectivity index (χ4n) is 3.26. The van der Waals surface area contributed by atoms with Gasteiger partial charge in [-0.2, -0.15) is 15.0 Å². The van der Waals surface area contributed by atoms with E-state index in [-0.39, 0.29) is 18.1 Å². The smallest absolute Gasteiger partial charge is 0.282 e. The lowest BCUT2D eigenvalue weighted by Crippen LogP contribution is -2.23. The molecule has 8 heteroatoms. The van der Waals surface area contributed by atoms with Crippen LogP contribution in [-0.2, 0) is 6.42 Å². The average molecular weight is 495 g/mol. The summed E-state index contributed by atoms with van der Waals surface area (Å²) in [4.78, 5) is 17.8. The summed E-state index contributed by atoms with van der Waals surface area (Å²) in [7, 11) is 1.53. The second kappa shape index (κ2) is 10.2. The summed E-state index contributed by atoms with van der Waals surface area (Å²) < 4.78 is 13.1. The number of benzene rings is 2. The highest BCUT2D eigenvalue weighted by molar-refractivity contribution is 9.10. The monoisotopic (exact) mass is 494 g/mol. The van der Waals surface area contributed by atoms with Crippen LogP contribution in [-0.4, -0.2) is 29.6 Å². The SMILES string of the molecule is C=CCc1cc(C=Nn2c(C(C)C)nc3ccc(Br)cc3c2=O)cc(OC)c1OCC#N. The summed E-state index contributed by atoms with van der Waals surface area (Å²) in [5, 5.41) is 13.8. The highest BCUT2D eigenvalue weighted by atomic mass is 79.9. The number of halogens is 1. The minimum atomic E-state index is -0.247. The Balaban J connectivity index is 2.14. The normalized spacial score (nSPS) is 11.1. The maximum Gasteiger partial charge on any atom is 0.282 e. The number of allylic oxidation sites excluding steroid dienone is 1. The van der Waals surface area contributed by atoms with Crippen LogP contribution >= 0.6 is 15.9 Å². The van der Waals surface area contributed by atoms with E-state index in [1.807, 2.05) is 38.1 Å². The van der Waals surface area contributed by atoms with Crippen molar-refractivity contribution < 1.29 is 9.47 Å². The number of aromatic nitrogens is 2. The van der Waals surface area contributed by atoms with Crippen LogP contribution in [0.25, 0.3) is 10.9 Å². The van der Waals surface area contributed by atoms with E-state index < -0.39 is 0 Å². The maximum absolute atomic E-state index is 13.2. The maximum atomic E-state index is 13.2. The number of rotatable bonds is 8. The van der Waals surface area contributed by atoms with Crippen LogP contribution in [0.4, 0.5) is 0 Å². The van der Waals surface area contributed by atoms with E-state index in [1.54, 1.807) is 24.4 Å². The Bertz CT molecular complexity index is 1290. The molecule has 3 rings (SSSR count). The predicted molar refractivity (Wildman–Crippen MR) is 129 cm³/mol. The summed E-state index contributed by atoms with van der Waals surface area (Å²) >= 11 is 3.41. The molecule has 0 unspecified atom stereocenters. The summed E-state index contributed by atoms with van der Waals surface area (Å²) in [6.45, 7) is 7.61. The van der Waals surface area contributed by atoms with E-state index in [1.165, 1.54) is 11.8 Å². The molecule has 0 aliphatic carbocycles. The zero-order chi connectivity index (χ0) is 23.3. The Morgan fingerprint density at radius 1 is 1.34 bits per heavy atom. The Morgan fingerprint density at radius 3 is 2.78 bits per heavy atom. The van der Waals surface area contributed by atoms with Crippen molar-refractivity contribution in [3.63, 3.8) is 0 Å². The zero-order valence-electron chi connectivity index (χ0n) is 18.1. The van der Waals surface area contributed by atoms with Gasteiger partial charge in [0.2, 0.25) is 0 Å². The highest BCUT2D eigenvalue weighted by Gasteiger charge is 2.15. The van der Waals surface area contributed by atoms with Crippen molar-refractivity contribution in [2.24, 2.45) is 5.10 Å². The molecule has 0 bridgehead atoms. The molecule has 0 radical (unpaired) electrons. The van der Waals surface area contributed by atoms with E-state index >= 15 is 0 Å². The first-order valence-electron chi connectivity index (χ1n) is 9.97. The first-order valence-corrected chi connectivity index (χ1v) is 10.8. The summed E-state index contributed by atoms with van der Waals surface area (Å²) in [6.07, 6.45) is 3.84. The van der Waals surface area contributed by atoms with Gasteiger partial charge in [-0.25, -0.2) is 4.98 Å². The average Bonchev–Trinajstić information content (AvgIpc) is 2.77. The molecule has 1 heterocycles. The van der Waals surface area contributed by atoms with Gasteiger partial charge in [-0.1, -0.05) is 35.9 Å². The van der Waals surface area contributed by atoms with Gasteiger partial charge >= 0.3 is 0 Å². The summed E-state index contributed by atoms with van der Waals surface area (Å²) in [5.74, 6) is 1.51. The Labute approximate surface area is 194 Å². The van der Waals surface area contributed by atoms with Crippen molar-refractivity contribution in [2.75, 3.05) is 13.7 Å². The van der Waals surface area contributed by atoms with Gasteiger partial charge in [-0.05, 0) is 42.3 Å². The van der Waals surface area contributed by atoms with Gasteiger partial charge in [0.05, 0.1) is 24.2 Å². The molecule has 0 spiro atoms. The molecule has 0 atom stereocenters. The van der Waals surface area contributed by atoms with Crippen molar-refractivity contribution in [3.05, 3.63) is 74.8 Å². The topological polar surface area (TPSA) is 89.5 Å². The van der Waals surface area contributed by atoms with Crippen LogP contribution in [0.1, 0.15) is 36.7 Å². The third-order valence-corrected chi connectivity index (χ3v) is 5.18. The first kappa shape index (κ1) is 23.2. The third kappa shape index (κ3) is 4.89. The van der Waals surface area contributed by atoms with Crippen LogP contribution in [0.15, 0.2) is 57.4 Å². The van der Waals surface area contributed by atoms with E-state index in [0.717, 1.165) is 10.0 Å². The highest BCUT2D eigenvalue weighted by Crippen LogP contribution is 2.33. The summed E-state index contributed by atoms with van der Waals surface area (Å²) in [6, 6.07) is 11.0. The number of nitrogens with zero attached hydrogens (tertiary/aromatic N) is 4. The lowest BCUT2D eigenvalue weighted by molar-refractivity contribution is 0.327. The van der Waals surface area contributed by atoms with Crippen molar-refractivity contribution in [1.29, 1.82) is 5.26 Å². The van der Waals surface area contributed by atoms with Gasteiger partial charge in [0.1, 0.15) is 11.9 Å². The van der Waals surface area contributed by atoms with Crippen LogP contribution in [0.3, 0.4) is 0 Å². The van der Waals surface area contributed by atoms with E-state index in [4.69, 9.17) is 14.7 Å². The molecule has 2 aromatic carbocycles. The van der Waals surface area contributed by atoms with Gasteiger partial charge in [-0.3, -0.25) is 4.79 Å². The molecular weight excluding hydrogens is 472 g/mol. The van der Waals surface area contributed by atoms with Gasteiger partial charge < -0.3 is 9.47 Å². The van der Waals surface area contributed by atoms with Gasteiger partial charge in [-0.15, -0.1) is 6.58 Å². The molecule has 164 valence electrons. The van der Waals surface area contributed by atoms with Crippen molar-refractivity contribution >= 4 is 33.0 Å². The molecule has 0 aliphatic heterocycles. The number of ether oxygens (including phenoxy) is 2. The van der Waals surface area contributed by atoms with Crippen molar-refractivity contribution in [3.8, 4) is 17.6 Å². The molecule has 0 aliphatic rings. The number of nitriles is 1. The molecule has 0 saturated carbocycles. The van der Waals surface area contributed by atoms with E-state index in [9.17, 15) is 4.79 Å². The number of methoxy groups -OCH3 is 1. The lowest BCUT2D eigenvalue weighted by Gasteiger charge is -2.14. The van der Waals surface area contributed by atoms with Crippen LogP contribution in [0, 0.1) is 11.3 Å². The Kier molecular flexibility index (Phi) is 7.44. The minimum Gasteiger partial charge on any atom is -0.493 e. The molecule has 0 fully saturated rings. The number of fused-ring (bicyclic) bond motifs is 1. The molecule has 1 aromatic heterocycles. The number of hydrogen-bond acceptors (Lipinski definition) is 6. The lowest BCUT2D eigenvalue weighted by atomic mass is 10.1. The fourth-order valence-corrected chi connectivity index (χ4v) is 3.62. The van der Waals surface area contributed by atoms with Gasteiger partial charge in [0, 0.05) is 16.0 Å². The van der Waals surface area contributed by atoms with Gasteiger partial charge in [0.15, 0.2) is 18.1 Å². The molecule has 7 nitrogen and oxygen atoms in total. The summed E-state index contributed by atoms with van der Waals surface area (Å²) in [5.41, 5.74) is 1.89. The molecule has 32 heavy (non-hydrogen) atoms. The molecule has 0 N–H and O–H groups in total. The van der Waals surface area contributed by atoms with Crippen LogP contribution in [0.2, 0.25) is 0 Å². The van der Waals surface area contributed by atoms with Crippen LogP contribution in [0.5, 0.6) is 11.5 Å². The standard InChI is InChI=1S/C24H23BrN4O3/c1-5-6-17-11-16(12-21(31-4)22(17)32-10-9-26)14-27-29-23(15(2)3)28-20-8-7-18(25)13-19(20)24(29)30/h5,7-8,11-15H,1,6,10H2,2-4H3. The van der Waals surface area contributed by atoms with Crippen molar-refractivity contribution in [1.82, 2.24) is 9.66 Å². The predicted octanol–water partition coefficient (Wildman–Crippen LogP) is 4.80. The molecule has 0 amide bonds. The Hall–Kier alpha value is -3.44. The molecule has 0 saturated heterocycles. The minimum absolute atomic E-state index is 0.0134. The van der Waals surface area contributed by atoms with E-state index in [2.05, 4.69) is 32.6 Å².